The van der Waals surface area contributed by atoms with E-state index in [1.165, 1.54) is 11.0 Å². The monoisotopic (exact) mass is 425 g/mol. The molecule has 0 aliphatic rings. The number of aryl methyl sites for hydroxylation is 1. The first kappa shape index (κ1) is 24.1. The topological polar surface area (TPSA) is 92.6 Å². The van der Waals surface area contributed by atoms with Crippen molar-refractivity contribution in [1.82, 2.24) is 10.2 Å². The minimum absolute atomic E-state index is 0.0986. The van der Waals surface area contributed by atoms with Gasteiger partial charge in [0, 0.05) is 23.7 Å². The number of amides is 2. The van der Waals surface area contributed by atoms with E-state index in [9.17, 15) is 19.7 Å². The third-order valence-electron chi connectivity index (χ3n) is 4.85. The summed E-state index contributed by atoms with van der Waals surface area (Å²) < 4.78 is 0. The number of para-hydroxylation sites is 1. The fourth-order valence-corrected chi connectivity index (χ4v) is 3.48. The number of rotatable bonds is 8. The molecule has 2 aromatic rings. The largest absolute Gasteiger partial charge is 0.350 e. The number of benzene rings is 2. The molecule has 0 aromatic heterocycles. The third-order valence-corrected chi connectivity index (χ3v) is 4.85. The Labute approximate surface area is 183 Å². The van der Waals surface area contributed by atoms with E-state index < -0.39 is 16.5 Å². The first-order valence-electron chi connectivity index (χ1n) is 10.4. The lowest BCUT2D eigenvalue weighted by Gasteiger charge is -2.33. The highest BCUT2D eigenvalue weighted by Gasteiger charge is 2.31. The van der Waals surface area contributed by atoms with Crippen LogP contribution in [0, 0.1) is 17.0 Å². The number of nitro groups is 1. The zero-order chi connectivity index (χ0) is 23.2. The van der Waals surface area contributed by atoms with Crippen molar-refractivity contribution >= 4 is 17.5 Å². The summed E-state index contributed by atoms with van der Waals surface area (Å²) in [5.41, 5.74) is 1.74. The summed E-state index contributed by atoms with van der Waals surface area (Å²) in [6.45, 7) is 9.73. The van der Waals surface area contributed by atoms with Crippen LogP contribution in [0.1, 0.15) is 50.8 Å². The highest BCUT2D eigenvalue weighted by Crippen LogP contribution is 2.21. The molecule has 31 heavy (non-hydrogen) atoms. The smallest absolute Gasteiger partial charge is 0.273 e. The van der Waals surface area contributed by atoms with E-state index >= 15 is 0 Å². The van der Waals surface area contributed by atoms with Gasteiger partial charge in [0.25, 0.3) is 5.69 Å². The van der Waals surface area contributed by atoms with Crippen molar-refractivity contribution < 1.29 is 14.5 Å². The van der Waals surface area contributed by atoms with E-state index in [4.69, 9.17) is 0 Å². The van der Waals surface area contributed by atoms with Gasteiger partial charge in [-0.15, -0.1) is 0 Å². The molecule has 0 saturated carbocycles. The number of nitrogens with one attached hydrogen (secondary N) is 1. The molecule has 2 amide bonds. The quantitative estimate of drug-likeness (QED) is 0.507. The average molecular weight is 426 g/mol. The van der Waals surface area contributed by atoms with Crippen molar-refractivity contribution in [2.75, 3.05) is 0 Å². The molecule has 7 heteroatoms. The van der Waals surface area contributed by atoms with Crippen molar-refractivity contribution in [2.24, 2.45) is 0 Å². The zero-order valence-corrected chi connectivity index (χ0v) is 18.8. The standard InChI is InChI=1S/C24H31N3O4/c1-6-20(23(29)25-24(3,4)5)26(16-18-11-9-10-17(2)14-18)22(28)15-19-12-7-8-13-21(19)27(30)31/h7-14,20H,6,15-16H2,1-5H3,(H,25,29)/t20-/m0/s1. The second kappa shape index (κ2) is 10.2. The van der Waals surface area contributed by atoms with Gasteiger partial charge in [-0.2, -0.15) is 0 Å². The molecule has 0 saturated heterocycles. The maximum atomic E-state index is 13.4. The molecular formula is C24H31N3O4. The van der Waals surface area contributed by atoms with Gasteiger partial charge in [-0.1, -0.05) is 55.0 Å². The highest BCUT2D eigenvalue weighted by molar-refractivity contribution is 5.89. The second-order valence-corrected chi connectivity index (χ2v) is 8.74. The molecule has 0 bridgehead atoms. The number of nitro benzene ring substituents is 1. The van der Waals surface area contributed by atoms with Crippen LogP contribution in [0.2, 0.25) is 0 Å². The summed E-state index contributed by atoms with van der Waals surface area (Å²) in [7, 11) is 0. The molecule has 7 nitrogen and oxygen atoms in total. The number of hydrogen-bond acceptors (Lipinski definition) is 4. The third kappa shape index (κ3) is 6.91. The van der Waals surface area contributed by atoms with E-state index in [1.807, 2.05) is 58.9 Å². The molecule has 2 aromatic carbocycles. The van der Waals surface area contributed by atoms with Gasteiger partial charge in [0.2, 0.25) is 11.8 Å². The van der Waals surface area contributed by atoms with Crippen LogP contribution in [0.3, 0.4) is 0 Å². The number of carbonyl (C=O) groups is 2. The highest BCUT2D eigenvalue weighted by atomic mass is 16.6. The predicted octanol–water partition coefficient (Wildman–Crippen LogP) is 4.17. The van der Waals surface area contributed by atoms with E-state index in [0.717, 1.165) is 11.1 Å². The molecule has 0 aliphatic heterocycles. The van der Waals surface area contributed by atoms with Crippen molar-refractivity contribution in [3.8, 4) is 0 Å². The SMILES string of the molecule is CC[C@@H](C(=O)NC(C)(C)C)N(Cc1cccc(C)c1)C(=O)Cc1ccccc1[N+](=O)[O-]. The molecule has 0 heterocycles. The minimum Gasteiger partial charge on any atom is -0.350 e. The van der Waals surface area contributed by atoms with Crippen molar-refractivity contribution in [2.45, 2.75) is 65.6 Å². The van der Waals surface area contributed by atoms with Gasteiger partial charge in [0.1, 0.15) is 6.04 Å². The van der Waals surface area contributed by atoms with Gasteiger partial charge < -0.3 is 10.2 Å². The van der Waals surface area contributed by atoms with Crippen molar-refractivity contribution in [3.63, 3.8) is 0 Å². The summed E-state index contributed by atoms with van der Waals surface area (Å²) in [6.07, 6.45) is 0.276. The molecule has 1 N–H and O–H groups in total. The average Bonchev–Trinajstić information content (AvgIpc) is 2.66. The van der Waals surface area contributed by atoms with Crippen LogP contribution in [0.15, 0.2) is 48.5 Å². The van der Waals surface area contributed by atoms with Crippen LogP contribution in [0.25, 0.3) is 0 Å². The normalized spacial score (nSPS) is 12.2. The predicted molar refractivity (Wildman–Crippen MR) is 121 cm³/mol. The van der Waals surface area contributed by atoms with Crippen LogP contribution in [0.4, 0.5) is 5.69 Å². The van der Waals surface area contributed by atoms with Gasteiger partial charge >= 0.3 is 0 Å². The molecule has 0 fully saturated rings. The van der Waals surface area contributed by atoms with Gasteiger partial charge in [-0.3, -0.25) is 19.7 Å². The Balaban J connectivity index is 2.39. The molecule has 0 radical (unpaired) electrons. The number of carbonyl (C=O) groups excluding carboxylic acids is 2. The Hall–Kier alpha value is -3.22. The molecule has 0 unspecified atom stereocenters. The van der Waals surface area contributed by atoms with E-state index in [2.05, 4.69) is 5.32 Å². The first-order valence-corrected chi connectivity index (χ1v) is 10.4. The molecular weight excluding hydrogens is 394 g/mol. The van der Waals surface area contributed by atoms with Crippen LogP contribution in [-0.4, -0.2) is 33.2 Å². The van der Waals surface area contributed by atoms with Gasteiger partial charge in [-0.25, -0.2) is 0 Å². The fraction of sp³-hybridized carbons (Fsp3) is 0.417. The Kier molecular flexibility index (Phi) is 7.91. The fourth-order valence-electron chi connectivity index (χ4n) is 3.48. The van der Waals surface area contributed by atoms with E-state index in [1.54, 1.807) is 18.2 Å². The Morgan fingerprint density at radius 3 is 2.39 bits per heavy atom. The lowest BCUT2D eigenvalue weighted by Crippen LogP contribution is -2.53. The van der Waals surface area contributed by atoms with Crippen LogP contribution in [-0.2, 0) is 22.6 Å². The number of nitrogens with zero attached hydrogens (tertiary/aromatic N) is 2. The molecule has 0 spiro atoms. The van der Waals surface area contributed by atoms with E-state index in [-0.39, 0.29) is 30.5 Å². The summed E-state index contributed by atoms with van der Waals surface area (Å²) in [6, 6.07) is 13.3. The Morgan fingerprint density at radius 1 is 1.13 bits per heavy atom. The molecule has 2 rings (SSSR count). The lowest BCUT2D eigenvalue weighted by atomic mass is 10.0. The van der Waals surface area contributed by atoms with Crippen LogP contribution < -0.4 is 5.32 Å². The minimum atomic E-state index is -0.685. The second-order valence-electron chi connectivity index (χ2n) is 8.74. The van der Waals surface area contributed by atoms with Crippen LogP contribution >= 0.6 is 0 Å². The summed E-state index contributed by atoms with van der Waals surface area (Å²) >= 11 is 0. The lowest BCUT2D eigenvalue weighted by molar-refractivity contribution is -0.385. The van der Waals surface area contributed by atoms with E-state index in [0.29, 0.717) is 12.0 Å². The molecule has 166 valence electrons. The Bertz CT molecular complexity index is 950. The maximum Gasteiger partial charge on any atom is 0.273 e. The zero-order valence-electron chi connectivity index (χ0n) is 18.8. The van der Waals surface area contributed by atoms with Crippen molar-refractivity contribution in [3.05, 3.63) is 75.3 Å². The number of hydrogen-bond donors (Lipinski definition) is 1. The summed E-state index contributed by atoms with van der Waals surface area (Å²) in [4.78, 5) is 38.8. The van der Waals surface area contributed by atoms with Gasteiger partial charge in [0.05, 0.1) is 11.3 Å². The van der Waals surface area contributed by atoms with Crippen molar-refractivity contribution in [1.29, 1.82) is 0 Å². The first-order chi connectivity index (χ1) is 14.5. The van der Waals surface area contributed by atoms with Gasteiger partial charge in [-0.05, 0) is 39.7 Å². The summed E-state index contributed by atoms with van der Waals surface area (Å²) in [5, 5.41) is 14.3. The van der Waals surface area contributed by atoms with Crippen LogP contribution in [0.5, 0.6) is 0 Å². The molecule has 1 atom stereocenters. The maximum absolute atomic E-state index is 13.4. The molecule has 0 aliphatic carbocycles. The Morgan fingerprint density at radius 2 is 1.81 bits per heavy atom. The van der Waals surface area contributed by atoms with Gasteiger partial charge in [0.15, 0.2) is 0 Å². The summed E-state index contributed by atoms with van der Waals surface area (Å²) in [5.74, 6) is -0.565.